The number of halogens is 1. The van der Waals surface area contributed by atoms with Gasteiger partial charge in [0.05, 0.1) is 40.0 Å². The maximum Gasteiger partial charge on any atom is 0.343 e. The van der Waals surface area contributed by atoms with Gasteiger partial charge in [-0.2, -0.15) is 0 Å². The topological polar surface area (TPSA) is 96.2 Å². The van der Waals surface area contributed by atoms with E-state index in [-0.39, 0.29) is 18.8 Å². The van der Waals surface area contributed by atoms with E-state index in [9.17, 15) is 14.4 Å². The molecule has 1 aliphatic rings. The summed E-state index contributed by atoms with van der Waals surface area (Å²) < 4.78 is 18.1. The molecule has 0 spiro atoms. The lowest BCUT2D eigenvalue weighted by molar-refractivity contribution is -0.143. The molecular weight excluding hydrogens is 584 g/mol. The highest BCUT2D eigenvalue weighted by Crippen LogP contribution is 2.32. The van der Waals surface area contributed by atoms with Gasteiger partial charge in [0.15, 0.2) is 11.4 Å². The van der Waals surface area contributed by atoms with Crippen molar-refractivity contribution in [1.82, 2.24) is 4.57 Å². The summed E-state index contributed by atoms with van der Waals surface area (Å²) in [5, 5.41) is 0. The Morgan fingerprint density at radius 2 is 1.90 bits per heavy atom. The molecule has 1 aromatic heterocycles. The van der Waals surface area contributed by atoms with E-state index in [1.54, 1.807) is 42.7 Å². The second-order valence-electron chi connectivity index (χ2n) is 9.18. The molecule has 0 N–H and O–H groups in total. The second kappa shape index (κ2) is 12.1. The van der Waals surface area contributed by atoms with Gasteiger partial charge in [0, 0.05) is 0 Å². The molecule has 2 heterocycles. The number of methoxy groups -OCH3 is 1. The van der Waals surface area contributed by atoms with Crippen LogP contribution in [0.25, 0.3) is 6.08 Å². The summed E-state index contributed by atoms with van der Waals surface area (Å²) in [5.74, 6) is -0.159. The Morgan fingerprint density at radius 3 is 2.51 bits per heavy atom. The number of ether oxygens (including phenoxy) is 3. The van der Waals surface area contributed by atoms with Gasteiger partial charge in [-0.3, -0.25) is 9.36 Å². The highest BCUT2D eigenvalue weighted by molar-refractivity contribution is 9.10. The van der Waals surface area contributed by atoms with Crippen molar-refractivity contribution in [2.24, 2.45) is 4.99 Å². The van der Waals surface area contributed by atoms with Gasteiger partial charge in [-0.05, 0) is 70.6 Å². The summed E-state index contributed by atoms with van der Waals surface area (Å²) in [6, 6.07) is 12.6. The minimum Gasteiger partial charge on any atom is -0.481 e. The van der Waals surface area contributed by atoms with Crippen LogP contribution in [0.4, 0.5) is 0 Å². The first-order chi connectivity index (χ1) is 18.6. The highest BCUT2D eigenvalue weighted by Gasteiger charge is 2.33. The standard InChI is InChI=1S/C29H29BrN2O6S/c1-6-37-28(35)25-17(4)31-29-32(26(25)20-10-8-19(9-11-20)16(2)3)27(34)23(39-29)14-18-7-12-22(21(30)13-18)38-15-24(33)36-5/h7-14,16,26H,6,15H2,1-5H3/t26-/m1/s1. The molecule has 0 amide bonds. The number of hydrogen-bond acceptors (Lipinski definition) is 8. The van der Waals surface area contributed by atoms with Gasteiger partial charge in [-0.15, -0.1) is 0 Å². The molecule has 0 aliphatic carbocycles. The van der Waals surface area contributed by atoms with E-state index in [1.807, 2.05) is 24.3 Å². The van der Waals surface area contributed by atoms with Crippen LogP contribution in [0, 0.1) is 0 Å². The Kier molecular flexibility index (Phi) is 8.87. The van der Waals surface area contributed by atoms with Gasteiger partial charge < -0.3 is 14.2 Å². The number of benzene rings is 2. The molecule has 0 saturated carbocycles. The number of allylic oxidation sites excluding steroid dienone is 1. The van der Waals surface area contributed by atoms with Crippen LogP contribution < -0.4 is 19.6 Å². The summed E-state index contributed by atoms with van der Waals surface area (Å²) in [7, 11) is 1.29. The van der Waals surface area contributed by atoms with Gasteiger partial charge >= 0.3 is 11.9 Å². The number of fused-ring (bicyclic) bond motifs is 1. The maximum atomic E-state index is 13.8. The number of carbonyl (C=O) groups is 2. The fourth-order valence-electron chi connectivity index (χ4n) is 4.24. The van der Waals surface area contributed by atoms with Gasteiger partial charge in [-0.1, -0.05) is 55.5 Å². The Labute approximate surface area is 238 Å². The third kappa shape index (κ3) is 6.07. The van der Waals surface area contributed by atoms with Gasteiger partial charge in [0.1, 0.15) is 5.75 Å². The summed E-state index contributed by atoms with van der Waals surface area (Å²) in [5.41, 5.74) is 3.33. The van der Waals surface area contributed by atoms with Crippen LogP contribution in [0.5, 0.6) is 5.75 Å². The predicted octanol–water partition coefficient (Wildman–Crippen LogP) is 4.24. The van der Waals surface area contributed by atoms with Crippen molar-refractivity contribution < 1.29 is 23.8 Å². The van der Waals surface area contributed by atoms with Gasteiger partial charge in [0.25, 0.3) is 5.56 Å². The van der Waals surface area contributed by atoms with E-state index in [1.165, 1.54) is 18.4 Å². The fourth-order valence-corrected chi connectivity index (χ4v) is 5.80. The average Bonchev–Trinajstić information content (AvgIpc) is 3.21. The maximum absolute atomic E-state index is 13.8. The Bertz CT molecular complexity index is 1620. The van der Waals surface area contributed by atoms with Crippen molar-refractivity contribution in [2.45, 2.75) is 39.7 Å². The van der Waals surface area contributed by atoms with Crippen molar-refractivity contribution in [3.05, 3.63) is 94.6 Å². The van der Waals surface area contributed by atoms with Crippen molar-refractivity contribution in [3.63, 3.8) is 0 Å². The number of hydrogen-bond donors (Lipinski definition) is 0. The molecule has 0 radical (unpaired) electrons. The van der Waals surface area contributed by atoms with E-state index in [0.29, 0.717) is 36.7 Å². The van der Waals surface area contributed by atoms with Crippen molar-refractivity contribution in [1.29, 1.82) is 0 Å². The lowest BCUT2D eigenvalue weighted by Gasteiger charge is -2.25. The normalized spacial score (nSPS) is 15.2. The van der Waals surface area contributed by atoms with E-state index in [2.05, 4.69) is 39.5 Å². The Morgan fingerprint density at radius 1 is 1.18 bits per heavy atom. The van der Waals surface area contributed by atoms with Crippen LogP contribution in [0.1, 0.15) is 56.3 Å². The SMILES string of the molecule is CCOC(=O)C1=C(C)N=c2sc(=Cc3ccc(OCC(=O)OC)c(Br)c3)c(=O)n2[C@@H]1c1ccc(C(C)C)cc1. The molecule has 0 saturated heterocycles. The van der Waals surface area contributed by atoms with Crippen LogP contribution in [-0.2, 0) is 19.1 Å². The number of aromatic nitrogens is 1. The lowest BCUT2D eigenvalue weighted by Crippen LogP contribution is -2.39. The number of thiazole rings is 1. The molecule has 2 aromatic carbocycles. The number of rotatable bonds is 8. The summed E-state index contributed by atoms with van der Waals surface area (Å²) >= 11 is 4.71. The average molecular weight is 614 g/mol. The number of esters is 2. The van der Waals surface area contributed by atoms with Crippen LogP contribution in [0.3, 0.4) is 0 Å². The zero-order valence-corrected chi connectivity index (χ0v) is 24.7. The minimum atomic E-state index is -0.663. The predicted molar refractivity (Wildman–Crippen MR) is 153 cm³/mol. The first kappa shape index (κ1) is 28.5. The quantitative estimate of drug-likeness (QED) is 0.353. The molecule has 3 aromatic rings. The van der Waals surface area contributed by atoms with Crippen molar-refractivity contribution in [2.75, 3.05) is 20.3 Å². The Balaban J connectivity index is 1.80. The van der Waals surface area contributed by atoms with E-state index < -0.39 is 18.0 Å². The van der Waals surface area contributed by atoms with E-state index >= 15 is 0 Å². The van der Waals surface area contributed by atoms with Gasteiger partial charge in [-0.25, -0.2) is 14.6 Å². The lowest BCUT2D eigenvalue weighted by atomic mass is 9.93. The first-order valence-electron chi connectivity index (χ1n) is 12.4. The molecule has 8 nitrogen and oxygen atoms in total. The van der Waals surface area contributed by atoms with Crippen LogP contribution in [-0.4, -0.2) is 36.8 Å². The number of nitrogens with zero attached hydrogens (tertiary/aromatic N) is 2. The summed E-state index contributed by atoms with van der Waals surface area (Å²) in [6.45, 7) is 7.74. The molecule has 39 heavy (non-hydrogen) atoms. The summed E-state index contributed by atoms with van der Waals surface area (Å²) in [4.78, 5) is 43.4. The minimum absolute atomic E-state index is 0.215. The molecule has 0 unspecified atom stereocenters. The van der Waals surface area contributed by atoms with Crippen molar-refractivity contribution in [3.8, 4) is 5.75 Å². The molecule has 0 bridgehead atoms. The third-order valence-electron chi connectivity index (χ3n) is 6.26. The van der Waals surface area contributed by atoms with Crippen LogP contribution in [0.2, 0.25) is 0 Å². The highest BCUT2D eigenvalue weighted by atomic mass is 79.9. The number of carbonyl (C=O) groups excluding carboxylic acids is 2. The zero-order valence-electron chi connectivity index (χ0n) is 22.3. The van der Waals surface area contributed by atoms with E-state index in [4.69, 9.17) is 9.47 Å². The second-order valence-corrected chi connectivity index (χ2v) is 11.0. The molecule has 10 heteroatoms. The zero-order chi connectivity index (χ0) is 28.3. The monoisotopic (exact) mass is 612 g/mol. The smallest absolute Gasteiger partial charge is 0.343 e. The fraction of sp³-hybridized carbons (Fsp3) is 0.310. The molecular formula is C29H29BrN2O6S. The molecule has 1 atom stereocenters. The largest absolute Gasteiger partial charge is 0.481 e. The molecule has 1 aliphatic heterocycles. The Hall–Kier alpha value is -3.50. The molecule has 204 valence electrons. The van der Waals surface area contributed by atoms with Crippen molar-refractivity contribution >= 4 is 45.3 Å². The first-order valence-corrected chi connectivity index (χ1v) is 14.0. The molecule has 0 fully saturated rings. The van der Waals surface area contributed by atoms with Gasteiger partial charge in [0.2, 0.25) is 0 Å². The molecule has 4 rings (SSSR count). The summed E-state index contributed by atoms with van der Waals surface area (Å²) in [6.07, 6.45) is 1.76. The van der Waals surface area contributed by atoms with Crippen LogP contribution >= 0.6 is 27.3 Å². The third-order valence-corrected chi connectivity index (χ3v) is 7.87. The van der Waals surface area contributed by atoms with Crippen LogP contribution in [0.15, 0.2) is 68.0 Å². The van der Waals surface area contributed by atoms with E-state index in [0.717, 1.165) is 16.7 Å².